The van der Waals surface area contributed by atoms with Crippen LogP contribution in [0.1, 0.15) is 52.9 Å². The van der Waals surface area contributed by atoms with E-state index in [1.807, 2.05) is 0 Å². The maximum absolute atomic E-state index is 3.62. The Morgan fingerprint density at radius 1 is 1.27 bits per heavy atom. The van der Waals surface area contributed by atoms with Crippen LogP contribution in [-0.2, 0) is 0 Å². The minimum absolute atomic E-state index is 0.599. The van der Waals surface area contributed by atoms with Gasteiger partial charge in [-0.25, -0.2) is 0 Å². The van der Waals surface area contributed by atoms with E-state index in [-0.39, 0.29) is 0 Å². The van der Waals surface area contributed by atoms with Gasteiger partial charge in [-0.3, -0.25) is 0 Å². The van der Waals surface area contributed by atoms with E-state index >= 15 is 0 Å². The van der Waals surface area contributed by atoms with Gasteiger partial charge in [0.05, 0.1) is 0 Å². The van der Waals surface area contributed by atoms with Crippen LogP contribution in [0.15, 0.2) is 0 Å². The van der Waals surface area contributed by atoms with Crippen molar-refractivity contribution in [1.82, 2.24) is 10.6 Å². The molecule has 0 spiro atoms. The van der Waals surface area contributed by atoms with Crippen molar-refractivity contribution >= 4 is 0 Å². The van der Waals surface area contributed by atoms with E-state index in [0.29, 0.717) is 11.5 Å². The molecule has 15 heavy (non-hydrogen) atoms. The van der Waals surface area contributed by atoms with Crippen LogP contribution in [-0.4, -0.2) is 25.7 Å². The average Bonchev–Trinajstić information content (AvgIpc) is 2.61. The maximum atomic E-state index is 3.62. The third-order valence-electron chi connectivity index (χ3n) is 3.67. The molecule has 0 aliphatic heterocycles. The molecule has 0 saturated heterocycles. The largest absolute Gasteiger partial charge is 0.316 e. The van der Waals surface area contributed by atoms with Crippen LogP contribution < -0.4 is 10.6 Å². The summed E-state index contributed by atoms with van der Waals surface area (Å²) in [6, 6.07) is 0.652. The van der Waals surface area contributed by atoms with Gasteiger partial charge < -0.3 is 10.6 Å². The predicted molar refractivity (Wildman–Crippen MR) is 67.2 cm³/mol. The molecular formula is C13H28N2. The summed E-state index contributed by atoms with van der Waals surface area (Å²) in [4.78, 5) is 0. The second kappa shape index (κ2) is 6.49. The number of hydrogen-bond donors (Lipinski definition) is 2. The van der Waals surface area contributed by atoms with Gasteiger partial charge in [0.25, 0.3) is 0 Å². The molecule has 2 heteroatoms. The van der Waals surface area contributed by atoms with Crippen molar-refractivity contribution in [2.45, 2.75) is 58.9 Å². The molecular weight excluding hydrogens is 184 g/mol. The Bertz CT molecular complexity index is 162. The fourth-order valence-electron chi connectivity index (χ4n) is 2.56. The van der Waals surface area contributed by atoms with E-state index in [0.717, 1.165) is 13.1 Å². The summed E-state index contributed by atoms with van der Waals surface area (Å²) < 4.78 is 0. The van der Waals surface area contributed by atoms with Crippen molar-refractivity contribution in [2.75, 3.05) is 19.6 Å². The summed E-state index contributed by atoms with van der Waals surface area (Å²) in [7, 11) is 0. The fraction of sp³-hybridized carbons (Fsp3) is 1.00. The zero-order valence-corrected chi connectivity index (χ0v) is 10.7. The molecule has 0 aromatic rings. The highest BCUT2D eigenvalue weighted by Crippen LogP contribution is 2.36. The van der Waals surface area contributed by atoms with Crippen molar-refractivity contribution < 1.29 is 0 Å². The Hall–Kier alpha value is -0.0800. The average molecular weight is 212 g/mol. The highest BCUT2D eigenvalue weighted by atomic mass is 14.9. The normalized spacial score (nSPS) is 21.8. The Balaban J connectivity index is 2.01. The van der Waals surface area contributed by atoms with Crippen LogP contribution in [0.3, 0.4) is 0 Å². The molecule has 1 atom stereocenters. The van der Waals surface area contributed by atoms with Gasteiger partial charge >= 0.3 is 0 Å². The highest BCUT2D eigenvalue weighted by Gasteiger charge is 2.27. The summed E-state index contributed by atoms with van der Waals surface area (Å²) in [6.07, 6.45) is 6.95. The molecule has 1 aliphatic rings. The number of nitrogens with one attached hydrogen (secondary N) is 2. The van der Waals surface area contributed by atoms with E-state index in [9.17, 15) is 0 Å². The molecule has 1 fully saturated rings. The molecule has 0 amide bonds. The smallest absolute Gasteiger partial charge is 0.00506 e. The Morgan fingerprint density at radius 3 is 2.53 bits per heavy atom. The van der Waals surface area contributed by atoms with Crippen molar-refractivity contribution in [3.8, 4) is 0 Å². The highest BCUT2D eigenvalue weighted by molar-refractivity contribution is 4.82. The molecule has 0 aromatic heterocycles. The SMILES string of the molecule is CCNC(C)CCNCC1(C)CCCC1. The van der Waals surface area contributed by atoms with Crippen molar-refractivity contribution in [1.29, 1.82) is 0 Å². The predicted octanol–water partition coefficient (Wildman–Crippen LogP) is 2.54. The topological polar surface area (TPSA) is 24.1 Å². The van der Waals surface area contributed by atoms with Gasteiger partial charge in [-0.15, -0.1) is 0 Å². The lowest BCUT2D eigenvalue weighted by Gasteiger charge is -2.24. The first kappa shape index (κ1) is 13.0. The Morgan fingerprint density at radius 2 is 1.93 bits per heavy atom. The first-order chi connectivity index (χ1) is 7.16. The molecule has 2 N–H and O–H groups in total. The standard InChI is InChI=1S/C13H28N2/c1-4-15-12(2)7-10-14-11-13(3)8-5-6-9-13/h12,14-15H,4-11H2,1-3H3. The fourth-order valence-corrected chi connectivity index (χ4v) is 2.56. The Kier molecular flexibility index (Phi) is 5.62. The van der Waals surface area contributed by atoms with Crippen LogP contribution in [0.25, 0.3) is 0 Å². The van der Waals surface area contributed by atoms with Gasteiger partial charge in [0.15, 0.2) is 0 Å². The molecule has 0 bridgehead atoms. The summed E-state index contributed by atoms with van der Waals surface area (Å²) in [6.45, 7) is 10.3. The van der Waals surface area contributed by atoms with Crippen LogP contribution >= 0.6 is 0 Å². The second-order valence-corrected chi connectivity index (χ2v) is 5.44. The summed E-state index contributed by atoms with van der Waals surface area (Å²) >= 11 is 0. The summed E-state index contributed by atoms with van der Waals surface area (Å²) in [5, 5.41) is 7.06. The number of rotatable bonds is 7. The van der Waals surface area contributed by atoms with Gasteiger partial charge in [0, 0.05) is 12.6 Å². The van der Waals surface area contributed by atoms with Gasteiger partial charge in [-0.2, -0.15) is 0 Å². The minimum Gasteiger partial charge on any atom is -0.316 e. The van der Waals surface area contributed by atoms with Crippen LogP contribution in [0.2, 0.25) is 0 Å². The molecule has 0 radical (unpaired) electrons. The molecule has 1 rings (SSSR count). The lowest BCUT2D eigenvalue weighted by Crippen LogP contribution is -2.34. The maximum Gasteiger partial charge on any atom is 0.00506 e. The third kappa shape index (κ3) is 4.98. The van der Waals surface area contributed by atoms with E-state index in [1.165, 1.54) is 38.6 Å². The van der Waals surface area contributed by atoms with Gasteiger partial charge in [-0.1, -0.05) is 26.7 Å². The van der Waals surface area contributed by atoms with E-state index in [2.05, 4.69) is 31.4 Å². The van der Waals surface area contributed by atoms with E-state index in [1.54, 1.807) is 0 Å². The summed E-state index contributed by atoms with van der Waals surface area (Å²) in [5.74, 6) is 0. The molecule has 0 aromatic carbocycles. The van der Waals surface area contributed by atoms with Gasteiger partial charge in [-0.05, 0) is 44.7 Å². The van der Waals surface area contributed by atoms with Crippen LogP contribution in [0.5, 0.6) is 0 Å². The van der Waals surface area contributed by atoms with Gasteiger partial charge in [0.1, 0.15) is 0 Å². The van der Waals surface area contributed by atoms with Crippen molar-refractivity contribution in [2.24, 2.45) is 5.41 Å². The molecule has 1 saturated carbocycles. The van der Waals surface area contributed by atoms with Crippen LogP contribution in [0.4, 0.5) is 0 Å². The minimum atomic E-state index is 0.599. The zero-order valence-electron chi connectivity index (χ0n) is 10.7. The molecule has 2 nitrogen and oxygen atoms in total. The lowest BCUT2D eigenvalue weighted by atomic mass is 9.89. The van der Waals surface area contributed by atoms with Crippen molar-refractivity contribution in [3.63, 3.8) is 0 Å². The van der Waals surface area contributed by atoms with Gasteiger partial charge in [0.2, 0.25) is 0 Å². The number of hydrogen-bond acceptors (Lipinski definition) is 2. The lowest BCUT2D eigenvalue weighted by molar-refractivity contribution is 0.312. The van der Waals surface area contributed by atoms with Crippen LogP contribution in [0, 0.1) is 5.41 Å². The second-order valence-electron chi connectivity index (χ2n) is 5.44. The van der Waals surface area contributed by atoms with Crippen molar-refractivity contribution in [3.05, 3.63) is 0 Å². The zero-order chi connectivity index (χ0) is 11.1. The summed E-state index contributed by atoms with van der Waals surface area (Å²) in [5.41, 5.74) is 0.599. The Labute approximate surface area is 95.2 Å². The molecule has 0 heterocycles. The molecule has 1 aliphatic carbocycles. The first-order valence-corrected chi connectivity index (χ1v) is 6.60. The quantitative estimate of drug-likeness (QED) is 0.634. The third-order valence-corrected chi connectivity index (χ3v) is 3.67. The van der Waals surface area contributed by atoms with E-state index in [4.69, 9.17) is 0 Å². The van der Waals surface area contributed by atoms with E-state index < -0.39 is 0 Å². The molecule has 90 valence electrons. The molecule has 1 unspecified atom stereocenters. The first-order valence-electron chi connectivity index (χ1n) is 6.60. The monoisotopic (exact) mass is 212 g/mol.